The number of carbonyl (C=O) groups is 1. The lowest BCUT2D eigenvalue weighted by Gasteiger charge is -2.13. The molecule has 6 nitrogen and oxygen atoms in total. The maximum absolute atomic E-state index is 12.5. The number of aryl methyl sites for hydroxylation is 2. The molecular weight excluding hydrogens is 306 g/mol. The predicted octanol–water partition coefficient (Wildman–Crippen LogP) is 1.97. The number of benzene rings is 1. The van der Waals surface area contributed by atoms with Crippen LogP contribution in [0.3, 0.4) is 0 Å². The number of amides is 1. The lowest BCUT2D eigenvalue weighted by atomic mass is 10.1. The Morgan fingerprint density at radius 2 is 2.08 bits per heavy atom. The third-order valence-corrected chi connectivity index (χ3v) is 3.60. The van der Waals surface area contributed by atoms with Crippen LogP contribution in [-0.4, -0.2) is 31.2 Å². The average Bonchev–Trinajstić information content (AvgIpc) is 2.58. The Morgan fingerprint density at radius 3 is 2.75 bits per heavy atom. The SMILES string of the molecule is COc1ccc(C(=O)NCc2cnc(C)cc2C)c(OCCN)c1. The number of ether oxygens (including phenoxy) is 2. The van der Waals surface area contributed by atoms with Crippen molar-refractivity contribution in [1.82, 2.24) is 10.3 Å². The maximum atomic E-state index is 12.5. The van der Waals surface area contributed by atoms with Gasteiger partial charge in [0.15, 0.2) is 0 Å². The third-order valence-electron chi connectivity index (χ3n) is 3.60. The van der Waals surface area contributed by atoms with Gasteiger partial charge in [-0.1, -0.05) is 0 Å². The quantitative estimate of drug-likeness (QED) is 0.811. The van der Waals surface area contributed by atoms with Crippen LogP contribution < -0.4 is 20.5 Å². The predicted molar refractivity (Wildman–Crippen MR) is 92.4 cm³/mol. The summed E-state index contributed by atoms with van der Waals surface area (Å²) in [4.78, 5) is 16.8. The van der Waals surface area contributed by atoms with Crippen LogP contribution in [0.15, 0.2) is 30.5 Å². The van der Waals surface area contributed by atoms with Crippen molar-refractivity contribution in [3.8, 4) is 11.5 Å². The molecule has 3 N–H and O–H groups in total. The molecule has 0 atom stereocenters. The minimum Gasteiger partial charge on any atom is -0.497 e. The molecule has 1 aromatic carbocycles. The summed E-state index contributed by atoms with van der Waals surface area (Å²) < 4.78 is 10.7. The fourth-order valence-electron chi connectivity index (χ4n) is 2.29. The molecule has 24 heavy (non-hydrogen) atoms. The number of pyridine rings is 1. The molecule has 2 aromatic rings. The van der Waals surface area contributed by atoms with Crippen molar-refractivity contribution in [1.29, 1.82) is 0 Å². The Bertz CT molecular complexity index is 717. The number of aromatic nitrogens is 1. The average molecular weight is 329 g/mol. The van der Waals surface area contributed by atoms with Gasteiger partial charge in [0, 0.05) is 31.0 Å². The second kappa shape index (κ2) is 8.31. The van der Waals surface area contributed by atoms with E-state index in [1.54, 1.807) is 31.5 Å². The molecule has 0 fully saturated rings. The van der Waals surface area contributed by atoms with E-state index in [-0.39, 0.29) is 5.91 Å². The second-order valence-electron chi connectivity index (χ2n) is 5.43. The van der Waals surface area contributed by atoms with E-state index in [1.165, 1.54) is 0 Å². The van der Waals surface area contributed by atoms with Gasteiger partial charge in [-0.2, -0.15) is 0 Å². The Morgan fingerprint density at radius 1 is 1.29 bits per heavy atom. The minimum atomic E-state index is -0.218. The molecule has 0 bridgehead atoms. The lowest BCUT2D eigenvalue weighted by Crippen LogP contribution is -2.24. The monoisotopic (exact) mass is 329 g/mol. The Kier molecular flexibility index (Phi) is 6.14. The molecule has 128 valence electrons. The van der Waals surface area contributed by atoms with Crippen molar-refractivity contribution in [2.75, 3.05) is 20.3 Å². The van der Waals surface area contributed by atoms with Crippen LogP contribution >= 0.6 is 0 Å². The van der Waals surface area contributed by atoms with E-state index < -0.39 is 0 Å². The van der Waals surface area contributed by atoms with E-state index >= 15 is 0 Å². The zero-order valence-corrected chi connectivity index (χ0v) is 14.3. The van der Waals surface area contributed by atoms with Crippen LogP contribution in [0.1, 0.15) is 27.2 Å². The molecule has 2 rings (SSSR count). The number of nitrogens with zero attached hydrogens (tertiary/aromatic N) is 1. The first-order valence-corrected chi connectivity index (χ1v) is 7.76. The highest BCUT2D eigenvalue weighted by Crippen LogP contribution is 2.25. The van der Waals surface area contributed by atoms with Crippen LogP contribution in [-0.2, 0) is 6.54 Å². The molecule has 1 amide bonds. The Balaban J connectivity index is 2.13. The fourth-order valence-corrected chi connectivity index (χ4v) is 2.29. The highest BCUT2D eigenvalue weighted by atomic mass is 16.5. The fraction of sp³-hybridized carbons (Fsp3) is 0.333. The van der Waals surface area contributed by atoms with Crippen LogP contribution in [0.4, 0.5) is 0 Å². The smallest absolute Gasteiger partial charge is 0.255 e. The summed E-state index contributed by atoms with van der Waals surface area (Å²) in [6, 6.07) is 7.08. The Labute approximate surface area is 142 Å². The van der Waals surface area contributed by atoms with E-state index in [0.29, 0.717) is 36.8 Å². The van der Waals surface area contributed by atoms with Crippen LogP contribution in [0, 0.1) is 13.8 Å². The summed E-state index contributed by atoms with van der Waals surface area (Å²) in [5.41, 5.74) is 8.95. The number of hydrogen-bond donors (Lipinski definition) is 2. The van der Waals surface area contributed by atoms with Gasteiger partial charge in [0.05, 0.1) is 12.7 Å². The summed E-state index contributed by atoms with van der Waals surface area (Å²) in [7, 11) is 1.56. The molecule has 0 spiro atoms. The summed E-state index contributed by atoms with van der Waals surface area (Å²) in [6.45, 7) is 5.04. The first-order chi connectivity index (χ1) is 11.5. The molecule has 0 aliphatic heterocycles. The van der Waals surface area contributed by atoms with Crippen molar-refractivity contribution in [2.24, 2.45) is 5.73 Å². The van der Waals surface area contributed by atoms with E-state index in [2.05, 4.69) is 10.3 Å². The van der Waals surface area contributed by atoms with Gasteiger partial charge in [-0.25, -0.2) is 0 Å². The minimum absolute atomic E-state index is 0.218. The standard InChI is InChI=1S/C18H23N3O3/c1-12-8-13(2)20-10-14(12)11-21-18(22)16-5-4-15(23-3)9-17(16)24-7-6-19/h4-5,8-10H,6-7,11,19H2,1-3H3,(H,21,22). The van der Waals surface area contributed by atoms with Crippen LogP contribution in [0.5, 0.6) is 11.5 Å². The molecule has 0 aliphatic carbocycles. The third kappa shape index (κ3) is 4.45. The first-order valence-electron chi connectivity index (χ1n) is 7.76. The molecule has 0 saturated heterocycles. The zero-order chi connectivity index (χ0) is 17.5. The first kappa shape index (κ1) is 17.7. The summed E-state index contributed by atoms with van der Waals surface area (Å²) in [5.74, 6) is 0.859. The molecule has 0 aliphatic rings. The van der Waals surface area contributed by atoms with Crippen LogP contribution in [0.2, 0.25) is 0 Å². The molecule has 0 unspecified atom stereocenters. The number of methoxy groups -OCH3 is 1. The number of nitrogens with two attached hydrogens (primary N) is 1. The van der Waals surface area contributed by atoms with Gasteiger partial charge >= 0.3 is 0 Å². The van der Waals surface area contributed by atoms with Crippen molar-refractivity contribution in [3.05, 3.63) is 52.8 Å². The van der Waals surface area contributed by atoms with Gasteiger partial charge in [0.2, 0.25) is 0 Å². The highest BCUT2D eigenvalue weighted by molar-refractivity contribution is 5.97. The molecule has 0 radical (unpaired) electrons. The second-order valence-corrected chi connectivity index (χ2v) is 5.43. The molecule has 0 saturated carbocycles. The molecule has 6 heteroatoms. The summed E-state index contributed by atoms with van der Waals surface area (Å²) >= 11 is 0. The van der Waals surface area contributed by atoms with Gasteiger partial charge in [-0.3, -0.25) is 9.78 Å². The van der Waals surface area contributed by atoms with Crippen molar-refractivity contribution < 1.29 is 14.3 Å². The highest BCUT2D eigenvalue weighted by Gasteiger charge is 2.14. The number of rotatable bonds is 7. The normalized spacial score (nSPS) is 10.3. The van der Waals surface area contributed by atoms with Crippen molar-refractivity contribution in [2.45, 2.75) is 20.4 Å². The molecule has 1 heterocycles. The largest absolute Gasteiger partial charge is 0.497 e. The van der Waals surface area contributed by atoms with Gasteiger partial charge in [-0.05, 0) is 43.2 Å². The molecular formula is C18H23N3O3. The number of nitrogens with one attached hydrogen (secondary N) is 1. The zero-order valence-electron chi connectivity index (χ0n) is 14.3. The topological polar surface area (TPSA) is 86.5 Å². The number of carbonyl (C=O) groups excluding carboxylic acids is 1. The number of hydrogen-bond acceptors (Lipinski definition) is 5. The molecule has 1 aromatic heterocycles. The van der Waals surface area contributed by atoms with E-state index in [0.717, 1.165) is 16.8 Å². The van der Waals surface area contributed by atoms with E-state index in [4.69, 9.17) is 15.2 Å². The summed E-state index contributed by atoms with van der Waals surface area (Å²) in [5, 5.41) is 2.90. The van der Waals surface area contributed by atoms with Gasteiger partial charge in [0.1, 0.15) is 18.1 Å². The van der Waals surface area contributed by atoms with Gasteiger partial charge in [0.25, 0.3) is 5.91 Å². The van der Waals surface area contributed by atoms with Gasteiger partial charge < -0.3 is 20.5 Å². The van der Waals surface area contributed by atoms with Crippen molar-refractivity contribution in [3.63, 3.8) is 0 Å². The van der Waals surface area contributed by atoms with Gasteiger partial charge in [-0.15, -0.1) is 0 Å². The summed E-state index contributed by atoms with van der Waals surface area (Å²) in [6.07, 6.45) is 1.78. The maximum Gasteiger partial charge on any atom is 0.255 e. The Hall–Kier alpha value is -2.60. The lowest BCUT2D eigenvalue weighted by molar-refractivity contribution is 0.0947. The van der Waals surface area contributed by atoms with E-state index in [9.17, 15) is 4.79 Å². The van der Waals surface area contributed by atoms with Crippen molar-refractivity contribution >= 4 is 5.91 Å². The van der Waals surface area contributed by atoms with E-state index in [1.807, 2.05) is 19.9 Å². The van der Waals surface area contributed by atoms with Crippen LogP contribution in [0.25, 0.3) is 0 Å².